The Morgan fingerprint density at radius 1 is 1.04 bits per heavy atom. The van der Waals surface area contributed by atoms with Gasteiger partial charge in [0.2, 0.25) is 16.0 Å². The number of hydrogen-bond acceptors (Lipinski definition) is 4. The van der Waals surface area contributed by atoms with Gasteiger partial charge in [-0.1, -0.05) is 30.3 Å². The first-order chi connectivity index (χ1) is 13.4. The van der Waals surface area contributed by atoms with Gasteiger partial charge >= 0.3 is 0 Å². The lowest BCUT2D eigenvalue weighted by Crippen LogP contribution is -2.26. The van der Waals surface area contributed by atoms with Gasteiger partial charge in [-0.3, -0.25) is 4.79 Å². The summed E-state index contributed by atoms with van der Waals surface area (Å²) in [5.41, 5.74) is 1.49. The molecule has 144 valence electrons. The third-order valence-corrected chi connectivity index (χ3v) is 5.88. The zero-order valence-electron chi connectivity index (χ0n) is 15.0. The summed E-state index contributed by atoms with van der Waals surface area (Å²) in [6, 6.07) is 17.5. The average molecular weight is 399 g/mol. The predicted octanol–water partition coefficient (Wildman–Crippen LogP) is 3.29. The molecule has 1 heterocycles. The molecule has 0 spiro atoms. The number of rotatable bonds is 6. The summed E-state index contributed by atoms with van der Waals surface area (Å²) < 4.78 is 39.5. The van der Waals surface area contributed by atoms with Crippen LogP contribution in [0.2, 0.25) is 0 Å². The minimum Gasteiger partial charge on any atom is -0.322 e. The highest BCUT2D eigenvalue weighted by Crippen LogP contribution is 2.19. The summed E-state index contributed by atoms with van der Waals surface area (Å²) >= 11 is 0. The Labute approximate surface area is 162 Å². The average Bonchev–Trinajstić information content (AvgIpc) is 2.69. The Balaban J connectivity index is 1.70. The molecule has 0 bridgehead atoms. The minimum absolute atomic E-state index is 0.118. The van der Waals surface area contributed by atoms with Crippen LogP contribution in [0.25, 0.3) is 0 Å². The van der Waals surface area contributed by atoms with Crippen molar-refractivity contribution < 1.29 is 17.6 Å². The number of amides is 1. The molecule has 28 heavy (non-hydrogen) atoms. The lowest BCUT2D eigenvalue weighted by Gasteiger charge is -2.17. The smallest absolute Gasteiger partial charge is 0.257 e. The first-order valence-corrected chi connectivity index (χ1v) is 9.83. The third kappa shape index (κ3) is 4.59. The molecule has 1 N–H and O–H groups in total. The van der Waals surface area contributed by atoms with Gasteiger partial charge in [0.1, 0.15) is 0 Å². The molecule has 0 atom stereocenters. The maximum Gasteiger partial charge on any atom is 0.257 e. The second kappa shape index (κ2) is 8.28. The number of halogens is 1. The number of benzene rings is 2. The van der Waals surface area contributed by atoms with E-state index in [1.54, 1.807) is 0 Å². The minimum atomic E-state index is -3.67. The van der Waals surface area contributed by atoms with Gasteiger partial charge in [-0.05, 0) is 42.0 Å². The van der Waals surface area contributed by atoms with E-state index in [1.807, 2.05) is 30.3 Å². The number of aromatic nitrogens is 1. The lowest BCUT2D eigenvalue weighted by molar-refractivity contribution is 0.102. The van der Waals surface area contributed by atoms with Gasteiger partial charge in [0.05, 0.1) is 10.5 Å². The van der Waals surface area contributed by atoms with Crippen molar-refractivity contribution in [3.05, 3.63) is 90.0 Å². The molecule has 0 saturated heterocycles. The maximum absolute atomic E-state index is 12.8. The molecule has 1 amide bonds. The van der Waals surface area contributed by atoms with Gasteiger partial charge in [0, 0.05) is 25.5 Å². The van der Waals surface area contributed by atoms with E-state index in [4.69, 9.17) is 0 Å². The first kappa shape index (κ1) is 19.7. The summed E-state index contributed by atoms with van der Waals surface area (Å²) in [5, 5.41) is 2.62. The second-order valence-corrected chi connectivity index (χ2v) is 8.14. The van der Waals surface area contributed by atoms with Gasteiger partial charge in [-0.2, -0.15) is 8.70 Å². The van der Waals surface area contributed by atoms with Gasteiger partial charge in [0.15, 0.2) is 0 Å². The van der Waals surface area contributed by atoms with Crippen molar-refractivity contribution >= 4 is 21.6 Å². The van der Waals surface area contributed by atoms with Crippen LogP contribution in [0.15, 0.2) is 77.8 Å². The van der Waals surface area contributed by atoms with E-state index < -0.39 is 21.9 Å². The highest BCUT2D eigenvalue weighted by Gasteiger charge is 2.21. The van der Waals surface area contributed by atoms with E-state index in [0.29, 0.717) is 5.69 Å². The van der Waals surface area contributed by atoms with E-state index >= 15 is 0 Å². The van der Waals surface area contributed by atoms with Crippen LogP contribution in [0.1, 0.15) is 15.9 Å². The molecule has 0 unspecified atom stereocenters. The molecular formula is C20H18FN3O3S. The maximum atomic E-state index is 12.8. The number of pyridine rings is 1. The Morgan fingerprint density at radius 3 is 2.32 bits per heavy atom. The zero-order valence-corrected chi connectivity index (χ0v) is 15.9. The highest BCUT2D eigenvalue weighted by atomic mass is 32.2. The fraction of sp³-hybridized carbons (Fsp3) is 0.100. The van der Waals surface area contributed by atoms with Gasteiger partial charge in [0.25, 0.3) is 5.91 Å². The number of carbonyl (C=O) groups excluding carboxylic acids is 1. The Bertz CT molecular complexity index is 1050. The number of hydrogen-bond donors (Lipinski definition) is 1. The summed E-state index contributed by atoms with van der Waals surface area (Å²) in [5.74, 6) is -1.14. The summed E-state index contributed by atoms with van der Waals surface area (Å²) in [6.07, 6.45) is 1.13. The quantitative estimate of drug-likeness (QED) is 0.645. The van der Waals surface area contributed by atoms with Crippen LogP contribution in [0.4, 0.5) is 10.1 Å². The third-order valence-electron chi connectivity index (χ3n) is 4.06. The van der Waals surface area contributed by atoms with Gasteiger partial charge in [-0.15, -0.1) is 0 Å². The lowest BCUT2D eigenvalue weighted by atomic mass is 10.2. The number of carbonyl (C=O) groups is 1. The van der Waals surface area contributed by atoms with E-state index in [9.17, 15) is 17.6 Å². The van der Waals surface area contributed by atoms with E-state index in [2.05, 4.69) is 10.3 Å². The fourth-order valence-corrected chi connectivity index (χ4v) is 3.69. The van der Waals surface area contributed by atoms with Crippen molar-refractivity contribution in [2.75, 3.05) is 12.4 Å². The second-order valence-electron chi connectivity index (χ2n) is 6.09. The van der Waals surface area contributed by atoms with E-state index in [0.717, 1.165) is 17.8 Å². The predicted molar refractivity (Wildman–Crippen MR) is 104 cm³/mol. The molecule has 0 aliphatic heterocycles. The van der Waals surface area contributed by atoms with E-state index in [-0.39, 0.29) is 17.0 Å². The molecule has 0 aliphatic rings. The Kier molecular flexibility index (Phi) is 5.81. The molecule has 8 heteroatoms. The molecule has 3 rings (SSSR count). The number of anilines is 1. The van der Waals surface area contributed by atoms with Crippen LogP contribution >= 0.6 is 0 Å². The molecule has 6 nitrogen and oxygen atoms in total. The molecule has 0 fully saturated rings. The fourth-order valence-electron chi connectivity index (χ4n) is 2.53. The van der Waals surface area contributed by atoms with Crippen LogP contribution < -0.4 is 5.32 Å². The molecular weight excluding hydrogens is 381 g/mol. The van der Waals surface area contributed by atoms with Crippen LogP contribution in [-0.2, 0) is 16.6 Å². The van der Waals surface area contributed by atoms with Gasteiger partial charge in [-0.25, -0.2) is 13.4 Å². The Morgan fingerprint density at radius 2 is 1.71 bits per heavy atom. The summed E-state index contributed by atoms with van der Waals surface area (Å²) in [6.45, 7) is 0.249. The number of sulfonamides is 1. The van der Waals surface area contributed by atoms with Crippen LogP contribution in [0.3, 0.4) is 0 Å². The standard InChI is InChI=1S/C20H18FN3O3S/c1-24(14-15-5-3-2-4-6-15)28(26,27)18-10-8-17(9-11-18)23-20(25)16-7-12-19(21)22-13-16/h2-13H,14H2,1H3,(H,23,25). The van der Waals surface area contributed by atoms with Crippen LogP contribution in [0, 0.1) is 5.95 Å². The van der Waals surface area contributed by atoms with Gasteiger partial charge < -0.3 is 5.32 Å². The Hall–Kier alpha value is -3.10. The number of nitrogens with zero attached hydrogens (tertiary/aromatic N) is 2. The van der Waals surface area contributed by atoms with Crippen molar-refractivity contribution in [2.24, 2.45) is 0 Å². The van der Waals surface area contributed by atoms with Crippen LogP contribution in [-0.4, -0.2) is 30.7 Å². The van der Waals surface area contributed by atoms with Crippen molar-refractivity contribution in [1.29, 1.82) is 0 Å². The van der Waals surface area contributed by atoms with Crippen molar-refractivity contribution in [3.63, 3.8) is 0 Å². The normalized spacial score (nSPS) is 11.4. The first-order valence-electron chi connectivity index (χ1n) is 8.39. The molecule has 3 aromatic rings. The molecule has 1 aromatic heterocycles. The van der Waals surface area contributed by atoms with E-state index in [1.165, 1.54) is 41.7 Å². The van der Waals surface area contributed by atoms with Crippen LogP contribution in [0.5, 0.6) is 0 Å². The number of nitrogens with one attached hydrogen (secondary N) is 1. The topological polar surface area (TPSA) is 79.4 Å². The monoisotopic (exact) mass is 399 g/mol. The molecule has 2 aromatic carbocycles. The molecule has 0 saturated carbocycles. The van der Waals surface area contributed by atoms with Crippen molar-refractivity contribution in [2.45, 2.75) is 11.4 Å². The van der Waals surface area contributed by atoms with Crippen molar-refractivity contribution in [3.8, 4) is 0 Å². The molecule has 0 aliphatic carbocycles. The molecule has 0 radical (unpaired) electrons. The zero-order chi connectivity index (χ0) is 20.1. The van der Waals surface area contributed by atoms with Crippen molar-refractivity contribution in [1.82, 2.24) is 9.29 Å². The largest absolute Gasteiger partial charge is 0.322 e. The SMILES string of the molecule is CN(Cc1ccccc1)S(=O)(=O)c1ccc(NC(=O)c2ccc(F)nc2)cc1. The summed E-state index contributed by atoms with van der Waals surface area (Å²) in [7, 11) is -2.16. The highest BCUT2D eigenvalue weighted by molar-refractivity contribution is 7.89. The summed E-state index contributed by atoms with van der Waals surface area (Å²) in [4.78, 5) is 15.7.